The number of piperidine rings is 1. The summed E-state index contributed by atoms with van der Waals surface area (Å²) in [6.07, 6.45) is 2.01. The van der Waals surface area contributed by atoms with Crippen LogP contribution in [0.25, 0.3) is 0 Å². The molecule has 0 radical (unpaired) electrons. The lowest BCUT2D eigenvalue weighted by atomic mass is 9.95. The molecule has 2 aromatic carbocycles. The Labute approximate surface area is 159 Å². The third-order valence-electron chi connectivity index (χ3n) is 5.17. The van der Waals surface area contributed by atoms with Gasteiger partial charge in [0, 0.05) is 18.1 Å². The lowest BCUT2D eigenvalue weighted by Crippen LogP contribution is -2.47. The van der Waals surface area contributed by atoms with Crippen LogP contribution in [0.4, 0.5) is 5.69 Å². The molecule has 0 saturated carbocycles. The number of anilines is 1. The van der Waals surface area contributed by atoms with E-state index >= 15 is 0 Å². The highest BCUT2D eigenvalue weighted by Gasteiger charge is 2.32. The van der Waals surface area contributed by atoms with Gasteiger partial charge in [0.25, 0.3) is 0 Å². The van der Waals surface area contributed by atoms with Crippen molar-refractivity contribution in [1.29, 1.82) is 0 Å². The second kappa shape index (κ2) is 7.68. The van der Waals surface area contributed by atoms with Crippen molar-refractivity contribution < 1.29 is 9.53 Å². The van der Waals surface area contributed by atoms with E-state index in [1.54, 1.807) is 0 Å². The molecule has 2 aliphatic heterocycles. The average molecular weight is 371 g/mol. The van der Waals surface area contributed by atoms with Crippen LogP contribution in [-0.2, 0) is 11.3 Å². The first-order chi connectivity index (χ1) is 12.7. The smallest absolute Gasteiger partial charge is 0.231 e. The summed E-state index contributed by atoms with van der Waals surface area (Å²) in [6.45, 7) is 3.89. The van der Waals surface area contributed by atoms with Gasteiger partial charge in [-0.15, -0.1) is 0 Å². The van der Waals surface area contributed by atoms with Crippen LogP contribution in [-0.4, -0.2) is 37.0 Å². The van der Waals surface area contributed by atoms with E-state index in [2.05, 4.69) is 17.0 Å². The summed E-state index contributed by atoms with van der Waals surface area (Å²) in [5.74, 6) is 1.07. The Morgan fingerprint density at radius 1 is 1.12 bits per heavy atom. The zero-order valence-corrected chi connectivity index (χ0v) is 15.5. The fourth-order valence-corrected chi connectivity index (χ4v) is 3.99. The summed E-state index contributed by atoms with van der Waals surface area (Å²) in [4.78, 5) is 17.5. The molecule has 2 aromatic rings. The van der Waals surface area contributed by atoms with Crippen molar-refractivity contribution in [1.82, 2.24) is 4.90 Å². The van der Waals surface area contributed by atoms with E-state index in [0.717, 1.165) is 48.9 Å². The molecule has 0 spiro atoms. The van der Waals surface area contributed by atoms with Crippen molar-refractivity contribution in [3.05, 3.63) is 59.1 Å². The molecule has 0 aromatic heterocycles. The number of ether oxygens (including phenoxy) is 1. The predicted molar refractivity (Wildman–Crippen MR) is 104 cm³/mol. The third-order valence-corrected chi connectivity index (χ3v) is 5.42. The van der Waals surface area contributed by atoms with E-state index < -0.39 is 0 Å². The Morgan fingerprint density at radius 3 is 2.77 bits per heavy atom. The van der Waals surface area contributed by atoms with Crippen LogP contribution in [0.3, 0.4) is 0 Å². The summed E-state index contributed by atoms with van der Waals surface area (Å²) in [6, 6.07) is 15.8. The van der Waals surface area contributed by atoms with E-state index in [1.165, 1.54) is 5.56 Å². The third kappa shape index (κ3) is 3.71. The molecule has 1 atom stereocenters. The molecule has 2 aliphatic rings. The molecule has 4 nitrogen and oxygen atoms in total. The minimum Gasteiger partial charge on any atom is -0.490 e. The van der Waals surface area contributed by atoms with Crippen molar-refractivity contribution in [3.63, 3.8) is 0 Å². The van der Waals surface area contributed by atoms with E-state index in [4.69, 9.17) is 16.3 Å². The number of fused-ring (bicyclic) bond motifs is 1. The number of hydrogen-bond acceptors (Lipinski definition) is 3. The topological polar surface area (TPSA) is 32.8 Å². The fourth-order valence-electron chi connectivity index (χ4n) is 3.87. The quantitative estimate of drug-likeness (QED) is 0.819. The van der Waals surface area contributed by atoms with Gasteiger partial charge in [0.1, 0.15) is 12.4 Å². The van der Waals surface area contributed by atoms with Gasteiger partial charge in [-0.2, -0.15) is 0 Å². The number of para-hydroxylation sites is 2. The molecule has 1 unspecified atom stereocenters. The Morgan fingerprint density at radius 2 is 1.92 bits per heavy atom. The number of hydrogen-bond donors (Lipinski definition) is 0. The molecule has 0 N–H and O–H groups in total. The van der Waals surface area contributed by atoms with Crippen LogP contribution >= 0.6 is 11.6 Å². The van der Waals surface area contributed by atoms with Gasteiger partial charge in [-0.3, -0.25) is 9.69 Å². The number of benzene rings is 2. The maximum atomic E-state index is 13.2. The van der Waals surface area contributed by atoms with Gasteiger partial charge < -0.3 is 9.64 Å². The first-order valence-corrected chi connectivity index (χ1v) is 9.58. The van der Waals surface area contributed by atoms with Gasteiger partial charge in [0.05, 0.1) is 18.2 Å². The van der Waals surface area contributed by atoms with E-state index in [1.807, 2.05) is 41.3 Å². The van der Waals surface area contributed by atoms with Gasteiger partial charge in [0.2, 0.25) is 5.91 Å². The summed E-state index contributed by atoms with van der Waals surface area (Å²) in [5.41, 5.74) is 2.14. The number of rotatable bonds is 3. The standard InChI is InChI=1S/C21H23ClN2O2/c22-18-9-7-16(8-10-18)14-23-11-3-4-17(15-23)21(25)24-12-13-26-20-6-2-1-5-19(20)24/h1-2,5-10,17H,3-4,11-15H2. The zero-order chi connectivity index (χ0) is 17.9. The molecule has 2 heterocycles. The Balaban J connectivity index is 1.44. The highest BCUT2D eigenvalue weighted by molar-refractivity contribution is 6.30. The monoisotopic (exact) mass is 370 g/mol. The maximum Gasteiger partial charge on any atom is 0.231 e. The maximum absolute atomic E-state index is 13.2. The van der Waals surface area contributed by atoms with Gasteiger partial charge in [-0.25, -0.2) is 0 Å². The van der Waals surface area contributed by atoms with E-state index in [9.17, 15) is 4.79 Å². The van der Waals surface area contributed by atoms with Crippen molar-refractivity contribution in [2.75, 3.05) is 31.1 Å². The van der Waals surface area contributed by atoms with Crippen LogP contribution in [0.5, 0.6) is 5.75 Å². The van der Waals surface area contributed by atoms with Crippen molar-refractivity contribution in [2.45, 2.75) is 19.4 Å². The first kappa shape index (κ1) is 17.4. The number of carbonyl (C=O) groups excluding carboxylic acids is 1. The molecule has 26 heavy (non-hydrogen) atoms. The van der Waals surface area contributed by atoms with Crippen LogP contribution in [0, 0.1) is 5.92 Å². The fraction of sp³-hybridized carbons (Fsp3) is 0.381. The lowest BCUT2D eigenvalue weighted by Gasteiger charge is -2.36. The summed E-state index contributed by atoms with van der Waals surface area (Å²) >= 11 is 5.97. The largest absolute Gasteiger partial charge is 0.490 e. The average Bonchev–Trinajstić information content (AvgIpc) is 2.69. The lowest BCUT2D eigenvalue weighted by molar-refractivity contribution is -0.124. The van der Waals surface area contributed by atoms with Gasteiger partial charge >= 0.3 is 0 Å². The van der Waals surface area contributed by atoms with Crippen molar-refractivity contribution >= 4 is 23.2 Å². The molecular formula is C21H23ClN2O2. The first-order valence-electron chi connectivity index (χ1n) is 9.21. The molecule has 1 fully saturated rings. The van der Waals surface area contributed by atoms with Crippen LogP contribution in [0.2, 0.25) is 5.02 Å². The molecule has 1 saturated heterocycles. The number of nitrogens with zero attached hydrogens (tertiary/aromatic N) is 2. The SMILES string of the molecule is O=C(C1CCCN(Cc2ccc(Cl)cc2)C1)N1CCOc2ccccc21. The molecule has 1 amide bonds. The van der Waals surface area contributed by atoms with Gasteiger partial charge in [0.15, 0.2) is 0 Å². The Hall–Kier alpha value is -2.04. The summed E-state index contributed by atoms with van der Waals surface area (Å²) in [7, 11) is 0. The van der Waals surface area contributed by atoms with Crippen molar-refractivity contribution in [2.24, 2.45) is 5.92 Å². The number of likely N-dealkylation sites (tertiary alicyclic amines) is 1. The molecule has 136 valence electrons. The molecule has 0 bridgehead atoms. The van der Waals surface area contributed by atoms with Crippen LogP contribution < -0.4 is 9.64 Å². The summed E-state index contributed by atoms with van der Waals surface area (Å²) < 4.78 is 5.69. The Bertz CT molecular complexity index is 778. The predicted octanol–water partition coefficient (Wildman–Crippen LogP) is 3.98. The van der Waals surface area contributed by atoms with E-state index in [0.29, 0.717) is 13.2 Å². The molecule has 0 aliphatic carbocycles. The normalized spacial score (nSPS) is 20.3. The van der Waals surface area contributed by atoms with Crippen LogP contribution in [0.1, 0.15) is 18.4 Å². The minimum atomic E-state index is 0.0437. The van der Waals surface area contributed by atoms with E-state index in [-0.39, 0.29) is 11.8 Å². The second-order valence-corrected chi connectivity index (χ2v) is 7.44. The minimum absolute atomic E-state index is 0.0437. The molecule has 5 heteroatoms. The van der Waals surface area contributed by atoms with Crippen molar-refractivity contribution in [3.8, 4) is 5.75 Å². The zero-order valence-electron chi connectivity index (χ0n) is 14.7. The Kier molecular flexibility index (Phi) is 5.14. The highest BCUT2D eigenvalue weighted by atomic mass is 35.5. The van der Waals surface area contributed by atoms with Gasteiger partial charge in [-0.05, 0) is 49.2 Å². The number of carbonyl (C=O) groups is 1. The summed E-state index contributed by atoms with van der Waals surface area (Å²) in [5, 5.41) is 0.756. The second-order valence-electron chi connectivity index (χ2n) is 7.01. The van der Waals surface area contributed by atoms with Crippen LogP contribution in [0.15, 0.2) is 48.5 Å². The molecular weight excluding hydrogens is 348 g/mol. The molecule has 4 rings (SSSR count). The number of amides is 1. The van der Waals surface area contributed by atoms with Gasteiger partial charge in [-0.1, -0.05) is 35.9 Å². The highest BCUT2D eigenvalue weighted by Crippen LogP contribution is 2.33. The number of halogens is 1.